The first-order valence-electron chi connectivity index (χ1n) is 3.38. The molecule has 10 heavy (non-hydrogen) atoms. The highest BCUT2D eigenvalue weighted by atomic mass is 16.4. The Balaban J connectivity index is 2.60. The second-order valence-corrected chi connectivity index (χ2v) is 2.58. The number of rotatable bonds is 1. The maximum absolute atomic E-state index is 10.4. The fourth-order valence-corrected chi connectivity index (χ4v) is 1.11. The Bertz CT molecular complexity index is 174. The van der Waals surface area contributed by atoms with Crippen LogP contribution in [0.4, 0.5) is 0 Å². The number of carbonyl (C=O) groups is 1. The molecule has 0 aliphatic heterocycles. The quantitative estimate of drug-likeness (QED) is 0.559. The predicted octanol–water partition coefficient (Wildman–Crippen LogP) is 0.509. The van der Waals surface area contributed by atoms with Gasteiger partial charge in [0.15, 0.2) is 0 Å². The molecule has 0 spiro atoms. The van der Waals surface area contributed by atoms with E-state index in [2.05, 4.69) is 0 Å². The van der Waals surface area contributed by atoms with Gasteiger partial charge in [0, 0.05) is 11.6 Å². The van der Waals surface area contributed by atoms with Gasteiger partial charge in [0.1, 0.15) is 0 Å². The molecule has 0 radical (unpaired) electrons. The van der Waals surface area contributed by atoms with Gasteiger partial charge in [0.2, 0.25) is 0 Å². The summed E-state index contributed by atoms with van der Waals surface area (Å²) in [6.45, 7) is 0. The number of hydrogen-bond donors (Lipinski definition) is 2. The molecular weight excluding hydrogens is 130 g/mol. The van der Waals surface area contributed by atoms with Gasteiger partial charge in [-0.25, -0.2) is 4.79 Å². The first-order valence-corrected chi connectivity index (χ1v) is 3.38. The van der Waals surface area contributed by atoms with Crippen LogP contribution < -0.4 is 5.73 Å². The summed E-state index contributed by atoms with van der Waals surface area (Å²) >= 11 is 0. The first-order chi connectivity index (χ1) is 4.70. The zero-order valence-corrected chi connectivity index (χ0v) is 5.71. The van der Waals surface area contributed by atoms with Gasteiger partial charge in [-0.05, 0) is 19.3 Å². The molecule has 0 heterocycles. The van der Waals surface area contributed by atoms with E-state index in [-0.39, 0.29) is 6.04 Å². The van der Waals surface area contributed by atoms with Crippen LogP contribution in [0.2, 0.25) is 0 Å². The van der Waals surface area contributed by atoms with E-state index in [1.807, 2.05) is 0 Å². The second kappa shape index (κ2) is 2.84. The van der Waals surface area contributed by atoms with Crippen LogP contribution in [-0.2, 0) is 4.79 Å². The van der Waals surface area contributed by atoms with Crippen molar-refractivity contribution in [2.75, 3.05) is 0 Å². The summed E-state index contributed by atoms with van der Waals surface area (Å²) < 4.78 is 0. The van der Waals surface area contributed by atoms with Gasteiger partial charge in [-0.2, -0.15) is 0 Å². The third kappa shape index (κ3) is 1.57. The third-order valence-corrected chi connectivity index (χ3v) is 1.68. The van der Waals surface area contributed by atoms with Crippen LogP contribution >= 0.6 is 0 Å². The fourth-order valence-electron chi connectivity index (χ4n) is 1.11. The molecule has 1 rings (SSSR count). The van der Waals surface area contributed by atoms with E-state index in [9.17, 15) is 4.79 Å². The van der Waals surface area contributed by atoms with Gasteiger partial charge in [-0.3, -0.25) is 0 Å². The third-order valence-electron chi connectivity index (χ3n) is 1.68. The predicted molar refractivity (Wildman–Crippen MR) is 37.5 cm³/mol. The Morgan fingerprint density at radius 3 is 2.90 bits per heavy atom. The molecule has 1 unspecified atom stereocenters. The Morgan fingerprint density at radius 2 is 2.50 bits per heavy atom. The van der Waals surface area contributed by atoms with Crippen molar-refractivity contribution in [1.29, 1.82) is 0 Å². The smallest absolute Gasteiger partial charge is 0.331 e. The summed E-state index contributed by atoms with van der Waals surface area (Å²) in [5.74, 6) is -0.824. The monoisotopic (exact) mass is 141 g/mol. The van der Waals surface area contributed by atoms with Gasteiger partial charge >= 0.3 is 5.97 Å². The van der Waals surface area contributed by atoms with E-state index >= 15 is 0 Å². The lowest BCUT2D eigenvalue weighted by molar-refractivity contribution is -0.132. The van der Waals surface area contributed by atoms with Gasteiger partial charge in [-0.1, -0.05) is 6.08 Å². The second-order valence-electron chi connectivity index (χ2n) is 2.58. The highest BCUT2D eigenvalue weighted by Gasteiger charge is 2.15. The summed E-state index contributed by atoms with van der Waals surface area (Å²) in [6.07, 6.45) is 4.00. The Hall–Kier alpha value is -0.830. The number of hydrogen-bond acceptors (Lipinski definition) is 2. The number of carboxylic acid groups (broad SMARTS) is 1. The van der Waals surface area contributed by atoms with E-state index in [0.29, 0.717) is 12.0 Å². The molecule has 0 aromatic carbocycles. The molecule has 0 aromatic heterocycles. The maximum Gasteiger partial charge on any atom is 0.331 e. The number of allylic oxidation sites excluding steroid dienone is 1. The number of nitrogens with two attached hydrogens (primary N) is 1. The summed E-state index contributed by atoms with van der Waals surface area (Å²) in [4.78, 5) is 10.4. The first kappa shape index (κ1) is 7.28. The van der Waals surface area contributed by atoms with Crippen LogP contribution in [0.3, 0.4) is 0 Å². The van der Waals surface area contributed by atoms with Crippen molar-refractivity contribution < 1.29 is 9.90 Å². The minimum Gasteiger partial charge on any atom is -0.478 e. The Morgan fingerprint density at radius 1 is 1.80 bits per heavy atom. The van der Waals surface area contributed by atoms with Crippen molar-refractivity contribution in [2.45, 2.75) is 25.3 Å². The van der Waals surface area contributed by atoms with E-state index in [1.54, 1.807) is 6.08 Å². The summed E-state index contributed by atoms with van der Waals surface area (Å²) in [5.41, 5.74) is 6.03. The van der Waals surface area contributed by atoms with Crippen molar-refractivity contribution in [3.8, 4) is 0 Å². The van der Waals surface area contributed by atoms with Crippen LogP contribution in [0.15, 0.2) is 11.6 Å². The lowest BCUT2D eigenvalue weighted by Gasteiger charge is -2.15. The highest BCUT2D eigenvalue weighted by Crippen LogP contribution is 2.16. The molecule has 1 aliphatic rings. The normalized spacial score (nSPS) is 25.7. The molecule has 3 nitrogen and oxygen atoms in total. The maximum atomic E-state index is 10.4. The Kier molecular flexibility index (Phi) is 2.06. The van der Waals surface area contributed by atoms with Crippen molar-refractivity contribution >= 4 is 5.97 Å². The molecule has 0 aromatic rings. The SMILES string of the molecule is NC1CCC=C(C(=O)O)C1. The lowest BCUT2D eigenvalue weighted by atomic mass is 9.96. The molecule has 0 bridgehead atoms. The molecular formula is C7H11NO2. The van der Waals surface area contributed by atoms with E-state index in [1.165, 1.54) is 0 Å². The van der Waals surface area contributed by atoms with E-state index < -0.39 is 5.97 Å². The molecule has 56 valence electrons. The van der Waals surface area contributed by atoms with Gasteiger partial charge in [0.25, 0.3) is 0 Å². The average Bonchev–Trinajstić information content (AvgIpc) is 1.88. The van der Waals surface area contributed by atoms with E-state index in [0.717, 1.165) is 12.8 Å². The van der Waals surface area contributed by atoms with Crippen LogP contribution in [-0.4, -0.2) is 17.1 Å². The largest absolute Gasteiger partial charge is 0.478 e. The van der Waals surface area contributed by atoms with Gasteiger partial charge < -0.3 is 10.8 Å². The zero-order chi connectivity index (χ0) is 7.56. The minimum atomic E-state index is -0.824. The topological polar surface area (TPSA) is 63.3 Å². The number of aliphatic carboxylic acids is 1. The molecule has 1 aliphatic carbocycles. The minimum absolute atomic E-state index is 0.0519. The average molecular weight is 141 g/mol. The molecule has 0 amide bonds. The molecule has 0 saturated carbocycles. The van der Waals surface area contributed by atoms with Crippen LogP contribution in [0.1, 0.15) is 19.3 Å². The van der Waals surface area contributed by atoms with Crippen molar-refractivity contribution in [3.05, 3.63) is 11.6 Å². The molecule has 1 atom stereocenters. The van der Waals surface area contributed by atoms with Gasteiger partial charge in [0.05, 0.1) is 0 Å². The molecule has 0 fully saturated rings. The highest BCUT2D eigenvalue weighted by molar-refractivity contribution is 5.86. The van der Waals surface area contributed by atoms with Crippen molar-refractivity contribution in [3.63, 3.8) is 0 Å². The zero-order valence-electron chi connectivity index (χ0n) is 5.71. The number of carboxylic acids is 1. The van der Waals surface area contributed by atoms with Crippen LogP contribution in [0, 0.1) is 0 Å². The fraction of sp³-hybridized carbons (Fsp3) is 0.571. The van der Waals surface area contributed by atoms with E-state index in [4.69, 9.17) is 10.8 Å². The van der Waals surface area contributed by atoms with Crippen LogP contribution in [0.5, 0.6) is 0 Å². The van der Waals surface area contributed by atoms with Crippen molar-refractivity contribution in [1.82, 2.24) is 0 Å². The molecule has 3 heteroatoms. The standard InChI is InChI=1S/C7H11NO2/c8-6-3-1-2-5(4-6)7(9)10/h2,6H,1,3-4,8H2,(H,9,10). The molecule has 0 saturated heterocycles. The van der Waals surface area contributed by atoms with Crippen LogP contribution in [0.25, 0.3) is 0 Å². The molecule has 3 N–H and O–H groups in total. The van der Waals surface area contributed by atoms with Gasteiger partial charge in [-0.15, -0.1) is 0 Å². The lowest BCUT2D eigenvalue weighted by Crippen LogP contribution is -2.24. The summed E-state index contributed by atoms with van der Waals surface area (Å²) in [6, 6.07) is 0.0519. The summed E-state index contributed by atoms with van der Waals surface area (Å²) in [7, 11) is 0. The van der Waals surface area contributed by atoms with Crippen molar-refractivity contribution in [2.24, 2.45) is 5.73 Å². The summed E-state index contributed by atoms with van der Waals surface area (Å²) in [5, 5.41) is 8.53. The Labute approximate surface area is 59.5 Å².